The summed E-state index contributed by atoms with van der Waals surface area (Å²) >= 11 is 1.66. The first-order chi connectivity index (χ1) is 13.7. The molecule has 0 fully saturated rings. The highest BCUT2D eigenvalue weighted by Gasteiger charge is 2.51. The van der Waals surface area contributed by atoms with Crippen molar-refractivity contribution < 1.29 is 0 Å². The number of hydrogen-bond acceptors (Lipinski definition) is 2. The van der Waals surface area contributed by atoms with Gasteiger partial charge in [-0.3, -0.25) is 0 Å². The fourth-order valence-electron chi connectivity index (χ4n) is 3.73. The summed E-state index contributed by atoms with van der Waals surface area (Å²) in [5, 5.41) is 4.95. The maximum absolute atomic E-state index is 5.11. The topological polar surface area (TPSA) is 28.7 Å². The van der Waals surface area contributed by atoms with Crippen molar-refractivity contribution in [2.75, 3.05) is 6.26 Å². The molecule has 4 aromatic rings. The molecule has 0 aliphatic carbocycles. The highest BCUT2D eigenvalue weighted by molar-refractivity contribution is 8.01. The molecule has 3 aromatic carbocycles. The SMILES string of the molecule is CSc1nc([P+](c2ccccc2)(c2ccccc2)c2ccc(C)cc2)c(C)[nH]1. The van der Waals surface area contributed by atoms with Gasteiger partial charge in [0, 0.05) is 0 Å². The third kappa shape index (κ3) is 3.19. The lowest BCUT2D eigenvalue weighted by molar-refractivity contribution is 1.05. The number of aryl methyl sites for hydroxylation is 2. The van der Waals surface area contributed by atoms with Crippen LogP contribution >= 0.6 is 19.0 Å². The first-order valence-corrected chi connectivity index (χ1v) is 12.4. The summed E-state index contributed by atoms with van der Waals surface area (Å²) in [6, 6.07) is 30.8. The second-order valence-electron chi connectivity index (χ2n) is 6.87. The Morgan fingerprint density at radius 1 is 0.714 bits per heavy atom. The molecule has 4 rings (SSSR count). The van der Waals surface area contributed by atoms with E-state index in [0.717, 1.165) is 16.3 Å². The van der Waals surface area contributed by atoms with Gasteiger partial charge in [0.05, 0.1) is 5.69 Å². The van der Waals surface area contributed by atoms with Crippen LogP contribution < -0.4 is 21.3 Å². The van der Waals surface area contributed by atoms with Gasteiger partial charge in [-0.1, -0.05) is 65.9 Å². The molecular formula is C24H24N2PS+. The maximum atomic E-state index is 5.11. The molecule has 0 saturated carbocycles. The molecule has 4 heteroatoms. The molecule has 2 nitrogen and oxygen atoms in total. The van der Waals surface area contributed by atoms with Gasteiger partial charge < -0.3 is 4.98 Å². The molecular weight excluding hydrogens is 379 g/mol. The van der Waals surface area contributed by atoms with Crippen molar-refractivity contribution in [3.8, 4) is 0 Å². The summed E-state index contributed by atoms with van der Waals surface area (Å²) in [6.45, 7) is 4.29. The van der Waals surface area contributed by atoms with Crippen molar-refractivity contribution in [2.45, 2.75) is 19.0 Å². The van der Waals surface area contributed by atoms with Crippen molar-refractivity contribution >= 4 is 40.4 Å². The van der Waals surface area contributed by atoms with E-state index in [1.807, 2.05) is 0 Å². The average molecular weight is 404 g/mol. The molecule has 0 atom stereocenters. The summed E-state index contributed by atoms with van der Waals surface area (Å²) in [7, 11) is -2.11. The first kappa shape index (κ1) is 19.0. The molecule has 1 aromatic heterocycles. The van der Waals surface area contributed by atoms with Crippen LogP contribution in [-0.4, -0.2) is 16.2 Å². The Morgan fingerprint density at radius 2 is 1.21 bits per heavy atom. The van der Waals surface area contributed by atoms with E-state index in [-0.39, 0.29) is 0 Å². The van der Waals surface area contributed by atoms with Crippen molar-refractivity contribution in [1.29, 1.82) is 0 Å². The van der Waals surface area contributed by atoms with Gasteiger partial charge in [0.25, 0.3) is 0 Å². The van der Waals surface area contributed by atoms with Crippen LogP contribution in [-0.2, 0) is 0 Å². The minimum Gasteiger partial charge on any atom is -0.334 e. The predicted molar refractivity (Wildman–Crippen MR) is 125 cm³/mol. The van der Waals surface area contributed by atoms with E-state index in [4.69, 9.17) is 4.98 Å². The zero-order valence-electron chi connectivity index (χ0n) is 16.4. The second-order valence-corrected chi connectivity index (χ2v) is 11.0. The Balaban J connectivity index is 2.14. The summed E-state index contributed by atoms with van der Waals surface area (Å²) in [5.41, 5.74) is 3.58. The molecule has 0 aliphatic rings. The standard InChI is InChI=1S/C24H24N2PS/c1-18-14-16-22(17-15-18)27(20-10-6-4-7-11-20,21-12-8-5-9-13-21)23-19(2)25-24(26-23)28-3/h4-17H,1-3H3,(H,25,26)/q+1. The van der Waals surface area contributed by atoms with Crippen LogP contribution in [0.2, 0.25) is 0 Å². The largest absolute Gasteiger partial charge is 0.334 e. The molecule has 1 N–H and O–H groups in total. The van der Waals surface area contributed by atoms with Gasteiger partial charge in [-0.15, -0.1) is 0 Å². The molecule has 140 valence electrons. The third-order valence-electron chi connectivity index (χ3n) is 5.06. The van der Waals surface area contributed by atoms with E-state index >= 15 is 0 Å². The summed E-state index contributed by atoms with van der Waals surface area (Å²) in [6.07, 6.45) is 2.07. The number of nitrogens with one attached hydrogen (secondary N) is 1. The Morgan fingerprint density at radius 3 is 1.68 bits per heavy atom. The third-order valence-corrected chi connectivity index (χ3v) is 9.93. The van der Waals surface area contributed by atoms with Crippen molar-refractivity contribution in [3.63, 3.8) is 0 Å². The van der Waals surface area contributed by atoms with Crippen LogP contribution in [0.4, 0.5) is 0 Å². The van der Waals surface area contributed by atoms with Crippen LogP contribution in [0.1, 0.15) is 11.3 Å². The second kappa shape index (κ2) is 7.95. The minimum atomic E-state index is -2.11. The maximum Gasteiger partial charge on any atom is 0.219 e. The first-order valence-electron chi connectivity index (χ1n) is 9.35. The number of hydrogen-bond donors (Lipinski definition) is 1. The number of aromatic nitrogens is 2. The molecule has 28 heavy (non-hydrogen) atoms. The predicted octanol–water partition coefficient (Wildman–Crippen LogP) is 4.37. The van der Waals surface area contributed by atoms with Crippen molar-refractivity contribution in [2.24, 2.45) is 0 Å². The normalized spacial score (nSPS) is 11.5. The van der Waals surface area contributed by atoms with Gasteiger partial charge in [0.15, 0.2) is 12.4 Å². The lowest BCUT2D eigenvalue weighted by atomic mass is 10.2. The van der Waals surface area contributed by atoms with Gasteiger partial charge in [0.2, 0.25) is 5.44 Å². The Labute approximate surface area is 171 Å². The van der Waals surface area contributed by atoms with Gasteiger partial charge >= 0.3 is 0 Å². The summed E-state index contributed by atoms with van der Waals surface area (Å²) < 4.78 is 0. The Hall–Kier alpha value is -2.35. The minimum absolute atomic E-state index is 0.968. The molecule has 0 aliphatic heterocycles. The van der Waals surface area contributed by atoms with Crippen LogP contribution in [0.3, 0.4) is 0 Å². The average Bonchev–Trinajstić information content (AvgIpc) is 3.13. The van der Waals surface area contributed by atoms with E-state index in [2.05, 4.69) is 110 Å². The molecule has 1 heterocycles. The van der Waals surface area contributed by atoms with Gasteiger partial charge in [-0.2, -0.15) is 4.98 Å². The molecule has 0 spiro atoms. The number of imidazole rings is 1. The molecule has 0 saturated heterocycles. The van der Waals surface area contributed by atoms with Crippen LogP contribution in [0.25, 0.3) is 0 Å². The summed E-state index contributed by atoms with van der Waals surface area (Å²) in [5.74, 6) is 0. The molecule has 0 amide bonds. The molecule has 0 bridgehead atoms. The van der Waals surface area contributed by atoms with Crippen LogP contribution in [0, 0.1) is 13.8 Å². The smallest absolute Gasteiger partial charge is 0.219 e. The lowest BCUT2D eigenvalue weighted by Gasteiger charge is -2.26. The van der Waals surface area contributed by atoms with Crippen molar-refractivity contribution in [1.82, 2.24) is 9.97 Å². The molecule has 0 radical (unpaired) electrons. The fraction of sp³-hybridized carbons (Fsp3) is 0.125. The highest BCUT2D eigenvalue weighted by Crippen LogP contribution is 2.54. The Kier molecular flexibility index (Phi) is 5.39. The van der Waals surface area contributed by atoms with Gasteiger partial charge in [-0.05, 0) is 56.5 Å². The van der Waals surface area contributed by atoms with E-state index < -0.39 is 7.26 Å². The number of rotatable bonds is 5. The van der Waals surface area contributed by atoms with E-state index in [0.29, 0.717) is 0 Å². The number of thioether (sulfide) groups is 1. The van der Waals surface area contributed by atoms with Crippen LogP contribution in [0.15, 0.2) is 90.1 Å². The number of H-pyrrole nitrogens is 1. The fourth-order valence-corrected chi connectivity index (χ4v) is 8.51. The number of nitrogens with zero attached hydrogens (tertiary/aromatic N) is 1. The van der Waals surface area contributed by atoms with Crippen molar-refractivity contribution in [3.05, 3.63) is 96.2 Å². The molecule has 0 unspecified atom stereocenters. The zero-order valence-corrected chi connectivity index (χ0v) is 18.1. The number of aromatic amines is 1. The zero-order chi connectivity index (χ0) is 19.6. The highest BCUT2D eigenvalue weighted by atomic mass is 32.2. The van der Waals surface area contributed by atoms with Crippen LogP contribution in [0.5, 0.6) is 0 Å². The quantitative estimate of drug-likeness (QED) is 0.396. The summed E-state index contributed by atoms with van der Waals surface area (Å²) in [4.78, 5) is 8.61. The Bertz CT molecular complexity index is 1020. The van der Waals surface area contributed by atoms with E-state index in [1.54, 1.807) is 11.8 Å². The van der Waals surface area contributed by atoms with Gasteiger partial charge in [0.1, 0.15) is 15.9 Å². The monoisotopic (exact) mass is 403 g/mol. The van der Waals surface area contributed by atoms with Gasteiger partial charge in [-0.25, -0.2) is 0 Å². The van der Waals surface area contributed by atoms with E-state index in [9.17, 15) is 0 Å². The number of benzene rings is 3. The lowest BCUT2D eigenvalue weighted by Crippen LogP contribution is -2.40. The van der Waals surface area contributed by atoms with E-state index in [1.165, 1.54) is 21.5 Å².